The van der Waals surface area contributed by atoms with Crippen LogP contribution in [0.25, 0.3) is 11.0 Å². The molecule has 1 saturated heterocycles. The monoisotopic (exact) mass is 303 g/mol. The molecule has 1 aliphatic rings. The zero-order chi connectivity index (χ0) is 14.8. The highest BCUT2D eigenvalue weighted by atomic mass is 35.5. The van der Waals surface area contributed by atoms with E-state index < -0.39 is 0 Å². The van der Waals surface area contributed by atoms with E-state index in [2.05, 4.69) is 15.3 Å². The van der Waals surface area contributed by atoms with Gasteiger partial charge in [-0.3, -0.25) is 4.79 Å². The average Bonchev–Trinajstić information content (AvgIpc) is 3.11. The summed E-state index contributed by atoms with van der Waals surface area (Å²) in [5.74, 6) is -0.116. The van der Waals surface area contributed by atoms with Gasteiger partial charge in [0.1, 0.15) is 12.1 Å². The van der Waals surface area contributed by atoms with Crippen LogP contribution in [-0.2, 0) is 4.79 Å². The molecular weight excluding hydrogens is 290 g/mol. The number of rotatable bonds is 3. The molecule has 2 N–H and O–H groups in total. The van der Waals surface area contributed by atoms with Crippen LogP contribution in [0.1, 0.15) is 12.8 Å². The maximum Gasteiger partial charge on any atom is 0.236 e. The van der Waals surface area contributed by atoms with Crippen molar-refractivity contribution in [2.24, 2.45) is 0 Å². The first-order valence-electron chi connectivity index (χ1n) is 6.72. The highest BCUT2D eigenvalue weighted by Crippen LogP contribution is 2.30. The molecule has 6 nitrogen and oxygen atoms in total. The van der Waals surface area contributed by atoms with E-state index in [1.54, 1.807) is 11.1 Å². The van der Waals surface area contributed by atoms with E-state index in [9.17, 15) is 4.79 Å². The van der Waals surface area contributed by atoms with Gasteiger partial charge in [-0.1, -0.05) is 11.6 Å². The third-order valence-corrected chi connectivity index (χ3v) is 3.95. The molecule has 0 aliphatic carbocycles. The van der Waals surface area contributed by atoms with Gasteiger partial charge in [-0.15, -0.1) is 0 Å². The summed E-state index contributed by atoms with van der Waals surface area (Å²) in [7, 11) is 0. The minimum absolute atomic E-state index is 0.0647. The van der Waals surface area contributed by atoms with Crippen molar-refractivity contribution in [3.05, 3.63) is 23.5 Å². The first-order chi connectivity index (χ1) is 10.2. The van der Waals surface area contributed by atoms with Gasteiger partial charge in [0.05, 0.1) is 23.0 Å². The molecule has 3 rings (SSSR count). The number of nitrogens with one attached hydrogen (secondary N) is 2. The van der Waals surface area contributed by atoms with Gasteiger partial charge in [-0.2, -0.15) is 5.26 Å². The van der Waals surface area contributed by atoms with Crippen molar-refractivity contribution in [2.45, 2.75) is 18.9 Å². The highest BCUT2D eigenvalue weighted by Gasteiger charge is 2.26. The molecule has 1 aliphatic heterocycles. The number of anilines is 1. The van der Waals surface area contributed by atoms with Crippen LogP contribution >= 0.6 is 11.6 Å². The van der Waals surface area contributed by atoms with E-state index in [1.807, 2.05) is 18.3 Å². The molecule has 2 aromatic heterocycles. The highest BCUT2D eigenvalue weighted by molar-refractivity contribution is 6.34. The van der Waals surface area contributed by atoms with Gasteiger partial charge in [0.15, 0.2) is 0 Å². The first kappa shape index (κ1) is 13.7. The Hall–Kier alpha value is -2.26. The fourth-order valence-corrected chi connectivity index (χ4v) is 2.82. The largest absolute Gasteiger partial charge is 0.379 e. The van der Waals surface area contributed by atoms with Crippen LogP contribution in [-0.4, -0.2) is 39.9 Å². The predicted octanol–water partition coefficient (Wildman–Crippen LogP) is 2.14. The number of hydrogen-bond acceptors (Lipinski definition) is 4. The van der Waals surface area contributed by atoms with Gasteiger partial charge >= 0.3 is 0 Å². The van der Waals surface area contributed by atoms with Crippen LogP contribution in [0.5, 0.6) is 0 Å². The van der Waals surface area contributed by atoms with Gasteiger partial charge in [0, 0.05) is 30.7 Å². The third-order valence-electron chi connectivity index (χ3n) is 3.66. The number of halogens is 1. The molecule has 108 valence electrons. The van der Waals surface area contributed by atoms with Crippen LogP contribution in [0.3, 0.4) is 0 Å². The van der Waals surface area contributed by atoms with Crippen molar-refractivity contribution in [1.82, 2.24) is 14.9 Å². The van der Waals surface area contributed by atoms with Gasteiger partial charge in [0.2, 0.25) is 5.91 Å². The van der Waals surface area contributed by atoms with E-state index in [0.717, 1.165) is 23.1 Å². The van der Waals surface area contributed by atoms with Crippen LogP contribution in [0.15, 0.2) is 18.5 Å². The molecule has 1 atom stereocenters. The second-order valence-corrected chi connectivity index (χ2v) is 5.43. The van der Waals surface area contributed by atoms with Gasteiger partial charge in [-0.05, 0) is 12.5 Å². The molecule has 0 saturated carbocycles. The van der Waals surface area contributed by atoms with Crippen molar-refractivity contribution < 1.29 is 4.79 Å². The SMILES string of the molecule is N#CCC(=O)N1CC[C@H](Nc2c(Cl)cnc3[nH]ccc23)C1. The van der Waals surface area contributed by atoms with Crippen LogP contribution in [0, 0.1) is 11.3 Å². The molecule has 21 heavy (non-hydrogen) atoms. The van der Waals surface area contributed by atoms with E-state index in [-0.39, 0.29) is 18.4 Å². The number of nitrogens with zero attached hydrogens (tertiary/aromatic N) is 3. The number of fused-ring (bicyclic) bond motifs is 1. The van der Waals surface area contributed by atoms with E-state index in [1.165, 1.54) is 0 Å². The van der Waals surface area contributed by atoms with Crippen LogP contribution in [0.2, 0.25) is 5.02 Å². The van der Waals surface area contributed by atoms with Gasteiger partial charge in [0.25, 0.3) is 0 Å². The van der Waals surface area contributed by atoms with Crippen molar-refractivity contribution in [3.8, 4) is 6.07 Å². The molecule has 3 heterocycles. The number of amides is 1. The van der Waals surface area contributed by atoms with Crippen molar-refractivity contribution in [1.29, 1.82) is 5.26 Å². The Balaban J connectivity index is 1.75. The average molecular weight is 304 g/mol. The number of H-pyrrole nitrogens is 1. The summed E-state index contributed by atoms with van der Waals surface area (Å²) >= 11 is 6.22. The van der Waals surface area contributed by atoms with Crippen molar-refractivity contribution >= 4 is 34.2 Å². The number of likely N-dealkylation sites (tertiary alicyclic amines) is 1. The fraction of sp³-hybridized carbons (Fsp3) is 0.357. The molecular formula is C14H14ClN5O. The summed E-state index contributed by atoms with van der Waals surface area (Å²) in [4.78, 5) is 20.7. The zero-order valence-electron chi connectivity index (χ0n) is 11.3. The second kappa shape index (κ2) is 5.62. The number of nitriles is 1. The minimum atomic E-state index is -0.116. The summed E-state index contributed by atoms with van der Waals surface area (Å²) < 4.78 is 0. The standard InChI is InChI=1S/C14H14ClN5O/c15-11-7-18-14-10(2-5-17-14)13(11)19-9-3-6-20(8-9)12(21)1-4-16/h2,5,7,9H,1,3,6,8H2,(H2,17,18,19)/t9-/m0/s1. The van der Waals surface area contributed by atoms with Crippen molar-refractivity contribution in [2.75, 3.05) is 18.4 Å². The number of carbonyl (C=O) groups excluding carboxylic acids is 1. The third kappa shape index (κ3) is 2.65. The fourth-order valence-electron chi connectivity index (χ4n) is 2.62. The molecule has 1 amide bonds. The van der Waals surface area contributed by atoms with Crippen LogP contribution in [0.4, 0.5) is 5.69 Å². The van der Waals surface area contributed by atoms with Gasteiger partial charge in [-0.25, -0.2) is 4.98 Å². The molecule has 7 heteroatoms. The lowest BCUT2D eigenvalue weighted by atomic mass is 10.2. The Morgan fingerprint density at radius 1 is 1.67 bits per heavy atom. The number of aromatic nitrogens is 2. The smallest absolute Gasteiger partial charge is 0.236 e. The quantitative estimate of drug-likeness (QED) is 0.910. The maximum absolute atomic E-state index is 11.7. The molecule has 1 fully saturated rings. The predicted molar refractivity (Wildman–Crippen MR) is 79.9 cm³/mol. The Morgan fingerprint density at radius 3 is 3.33 bits per heavy atom. The molecule has 0 radical (unpaired) electrons. The van der Waals surface area contributed by atoms with E-state index in [4.69, 9.17) is 16.9 Å². The molecule has 0 spiro atoms. The summed E-state index contributed by atoms with van der Waals surface area (Å²) in [6, 6.07) is 3.94. The molecule has 2 aromatic rings. The van der Waals surface area contributed by atoms with Gasteiger partial charge < -0.3 is 15.2 Å². The normalized spacial score (nSPS) is 17.9. The minimum Gasteiger partial charge on any atom is -0.379 e. The maximum atomic E-state index is 11.7. The Kier molecular flexibility index (Phi) is 3.67. The first-order valence-corrected chi connectivity index (χ1v) is 7.09. The summed E-state index contributed by atoms with van der Waals surface area (Å²) in [5, 5.41) is 13.5. The summed E-state index contributed by atoms with van der Waals surface area (Å²) in [6.07, 6.45) is 4.19. The number of hydrogen-bond donors (Lipinski definition) is 2. The zero-order valence-corrected chi connectivity index (χ0v) is 12.0. The topological polar surface area (TPSA) is 84.8 Å². The van der Waals surface area contributed by atoms with E-state index >= 15 is 0 Å². The molecule has 0 bridgehead atoms. The Morgan fingerprint density at radius 2 is 2.52 bits per heavy atom. The molecule has 0 unspecified atom stereocenters. The van der Waals surface area contributed by atoms with Crippen LogP contribution < -0.4 is 5.32 Å². The number of carbonyl (C=O) groups is 1. The van der Waals surface area contributed by atoms with E-state index in [0.29, 0.717) is 18.1 Å². The summed E-state index contributed by atoms with van der Waals surface area (Å²) in [6.45, 7) is 1.25. The Labute approximate surface area is 126 Å². The number of aromatic amines is 1. The second-order valence-electron chi connectivity index (χ2n) is 5.03. The lowest BCUT2D eigenvalue weighted by Crippen LogP contribution is -2.31. The van der Waals surface area contributed by atoms with Crippen molar-refractivity contribution in [3.63, 3.8) is 0 Å². The number of pyridine rings is 1. The molecule has 0 aromatic carbocycles. The lowest BCUT2D eigenvalue weighted by Gasteiger charge is -2.17. The summed E-state index contributed by atoms with van der Waals surface area (Å²) in [5.41, 5.74) is 1.61. The lowest BCUT2D eigenvalue weighted by molar-refractivity contribution is -0.129. The Bertz CT molecular complexity index is 720.